The Bertz CT molecular complexity index is 4190. The molecule has 6 nitrogen and oxygen atoms in total. The first kappa shape index (κ1) is 34.9. The van der Waals surface area contributed by atoms with Crippen molar-refractivity contribution in [1.82, 2.24) is 28.2 Å². The van der Waals surface area contributed by atoms with E-state index in [9.17, 15) is 0 Å². The van der Waals surface area contributed by atoms with Crippen LogP contribution in [0.1, 0.15) is 0 Å². The van der Waals surface area contributed by atoms with Gasteiger partial charge in [0.25, 0.3) is 0 Å². The summed E-state index contributed by atoms with van der Waals surface area (Å²) in [4.78, 5) is 10.9. The van der Waals surface area contributed by atoms with Crippen LogP contribution in [0.2, 0.25) is 0 Å². The number of fused-ring (bicyclic) bond motifs is 13. The molecule has 6 heteroatoms. The number of nitrogens with zero attached hydrogens (tertiary/aromatic N) is 6. The zero-order valence-corrected chi connectivity index (χ0v) is 34.5. The van der Waals surface area contributed by atoms with Crippen LogP contribution in [0.4, 0.5) is 0 Å². The lowest BCUT2D eigenvalue weighted by Crippen LogP contribution is -2.04. The molecule has 0 saturated heterocycles. The van der Waals surface area contributed by atoms with Crippen molar-refractivity contribution in [1.29, 1.82) is 0 Å². The lowest BCUT2D eigenvalue weighted by Gasteiger charge is -2.14. The summed E-state index contributed by atoms with van der Waals surface area (Å²) in [5.74, 6) is 2.59. The van der Waals surface area contributed by atoms with E-state index in [1.54, 1.807) is 0 Å². The van der Waals surface area contributed by atoms with Crippen LogP contribution in [-0.2, 0) is 0 Å². The van der Waals surface area contributed by atoms with Crippen molar-refractivity contribution < 1.29 is 0 Å². The number of pyridine rings is 2. The molecule has 0 saturated carbocycles. The third-order valence-electron chi connectivity index (χ3n) is 13.2. The SMILES string of the molecule is c1ccc(-c2cccc(-n3c4ccccc4c4cc5c(cc43)c3ccccc3n5-c3cccc(-n4c5ccccc5c5ccc6c7ccccc7n(-c7ccccc7)c6c54)n3)n2)cc1. The van der Waals surface area contributed by atoms with Gasteiger partial charge in [0.1, 0.15) is 17.5 Å². The van der Waals surface area contributed by atoms with E-state index >= 15 is 0 Å². The number of para-hydroxylation sites is 5. The first-order valence-electron chi connectivity index (χ1n) is 21.8. The third kappa shape index (κ3) is 4.90. The van der Waals surface area contributed by atoms with Crippen molar-refractivity contribution in [3.05, 3.63) is 218 Å². The maximum absolute atomic E-state index is 5.66. The minimum Gasteiger partial charge on any atom is -0.307 e. The molecule has 6 heterocycles. The summed E-state index contributed by atoms with van der Waals surface area (Å²) < 4.78 is 9.47. The molecule has 0 aliphatic carbocycles. The van der Waals surface area contributed by atoms with Crippen molar-refractivity contribution in [2.24, 2.45) is 0 Å². The monoisotopic (exact) mass is 816 g/mol. The number of hydrogen-bond donors (Lipinski definition) is 0. The Labute approximate surface area is 366 Å². The highest BCUT2D eigenvalue weighted by Gasteiger charge is 2.23. The predicted octanol–water partition coefficient (Wildman–Crippen LogP) is 14.5. The summed E-state index contributed by atoms with van der Waals surface area (Å²) in [6.45, 7) is 0. The summed E-state index contributed by atoms with van der Waals surface area (Å²) in [7, 11) is 0. The highest BCUT2D eigenvalue weighted by Crippen LogP contribution is 2.43. The molecular weight excluding hydrogens is 781 g/mol. The topological polar surface area (TPSA) is 45.5 Å². The van der Waals surface area contributed by atoms with E-state index in [0.717, 1.165) is 83.8 Å². The van der Waals surface area contributed by atoms with Gasteiger partial charge in [0.15, 0.2) is 0 Å². The zero-order chi connectivity index (χ0) is 41.9. The molecule has 298 valence electrons. The van der Waals surface area contributed by atoms with Gasteiger partial charge in [0, 0.05) is 54.3 Å². The van der Waals surface area contributed by atoms with Gasteiger partial charge in [-0.15, -0.1) is 0 Å². The standard InChI is InChI=1S/C58H36N6/c1-3-17-37(18-4-1)47-25-15-30-54(59-47)62-49-27-12-9-23-41(49)45-36-53-46(35-52(45)62)42-24-10-13-28-50(42)63(53)55-31-16-32-56(60-55)64-51-29-14-8-22-40(51)44-34-33-43-39-21-7-11-26-48(39)61(57(43)58(44)64)38-19-5-2-6-20-38/h1-36H. The van der Waals surface area contributed by atoms with Crippen molar-refractivity contribution >= 4 is 87.2 Å². The third-order valence-corrected chi connectivity index (χ3v) is 13.2. The van der Waals surface area contributed by atoms with E-state index in [1.807, 2.05) is 6.07 Å². The fourth-order valence-electron chi connectivity index (χ4n) is 10.5. The molecule has 64 heavy (non-hydrogen) atoms. The van der Waals surface area contributed by atoms with Crippen LogP contribution in [0, 0.1) is 0 Å². The van der Waals surface area contributed by atoms with E-state index in [1.165, 1.54) is 37.8 Å². The van der Waals surface area contributed by atoms with Crippen molar-refractivity contribution in [2.45, 2.75) is 0 Å². The minimum atomic E-state index is 0.853. The van der Waals surface area contributed by atoms with Crippen LogP contribution in [0.3, 0.4) is 0 Å². The first-order chi connectivity index (χ1) is 31.8. The van der Waals surface area contributed by atoms with Crippen molar-refractivity contribution in [3.63, 3.8) is 0 Å². The molecule has 0 radical (unpaired) electrons. The second kappa shape index (κ2) is 13.4. The number of hydrogen-bond acceptors (Lipinski definition) is 2. The molecule has 0 fully saturated rings. The highest BCUT2D eigenvalue weighted by atomic mass is 15.1. The molecule has 0 N–H and O–H groups in total. The molecule has 8 aromatic carbocycles. The van der Waals surface area contributed by atoms with E-state index in [2.05, 4.69) is 231 Å². The Morgan fingerprint density at radius 2 is 0.656 bits per heavy atom. The van der Waals surface area contributed by atoms with Gasteiger partial charge in [0.05, 0.1) is 49.8 Å². The molecule has 6 aromatic heterocycles. The van der Waals surface area contributed by atoms with E-state index in [0.29, 0.717) is 0 Å². The summed E-state index contributed by atoms with van der Waals surface area (Å²) in [6.07, 6.45) is 0. The normalized spacial score (nSPS) is 12.1. The summed E-state index contributed by atoms with van der Waals surface area (Å²) >= 11 is 0. The smallest absolute Gasteiger partial charge is 0.140 e. The fraction of sp³-hybridized carbons (Fsp3) is 0. The predicted molar refractivity (Wildman–Crippen MR) is 265 cm³/mol. The van der Waals surface area contributed by atoms with E-state index in [4.69, 9.17) is 9.97 Å². The summed E-state index contributed by atoms with van der Waals surface area (Å²) in [6, 6.07) is 78.1. The average Bonchev–Trinajstić information content (AvgIpc) is 4.09. The molecule has 0 atom stereocenters. The van der Waals surface area contributed by atoms with Gasteiger partial charge in [-0.1, -0.05) is 146 Å². The van der Waals surface area contributed by atoms with Gasteiger partial charge in [-0.05, 0) is 72.8 Å². The van der Waals surface area contributed by atoms with Crippen LogP contribution in [0.15, 0.2) is 218 Å². The van der Waals surface area contributed by atoms with Gasteiger partial charge in [0.2, 0.25) is 0 Å². The Hall–Kier alpha value is -8.74. The van der Waals surface area contributed by atoms with Gasteiger partial charge in [-0.25, -0.2) is 9.97 Å². The summed E-state index contributed by atoms with van der Waals surface area (Å²) in [5, 5.41) is 9.47. The molecule has 0 unspecified atom stereocenters. The molecule has 0 aliphatic rings. The molecule has 0 amide bonds. The second-order valence-corrected chi connectivity index (χ2v) is 16.6. The van der Waals surface area contributed by atoms with Crippen LogP contribution < -0.4 is 0 Å². The number of benzene rings is 8. The van der Waals surface area contributed by atoms with Crippen LogP contribution in [-0.4, -0.2) is 28.2 Å². The molecule has 0 aliphatic heterocycles. The average molecular weight is 817 g/mol. The number of rotatable bonds is 5. The van der Waals surface area contributed by atoms with Crippen LogP contribution in [0.5, 0.6) is 0 Å². The molecule has 14 rings (SSSR count). The first-order valence-corrected chi connectivity index (χ1v) is 21.8. The van der Waals surface area contributed by atoms with Crippen molar-refractivity contribution in [2.75, 3.05) is 0 Å². The molecular formula is C58H36N6. The van der Waals surface area contributed by atoms with Crippen molar-refractivity contribution in [3.8, 4) is 34.4 Å². The van der Waals surface area contributed by atoms with E-state index in [-0.39, 0.29) is 0 Å². The zero-order valence-electron chi connectivity index (χ0n) is 34.5. The Morgan fingerprint density at radius 1 is 0.250 bits per heavy atom. The molecule has 0 spiro atoms. The molecule has 0 bridgehead atoms. The molecule has 14 aromatic rings. The fourth-order valence-corrected chi connectivity index (χ4v) is 10.5. The maximum Gasteiger partial charge on any atom is 0.140 e. The van der Waals surface area contributed by atoms with Crippen LogP contribution >= 0.6 is 0 Å². The maximum atomic E-state index is 5.66. The quantitative estimate of drug-likeness (QED) is 0.174. The Kier molecular flexibility index (Phi) is 7.30. The Balaban J connectivity index is 1.04. The number of aromatic nitrogens is 6. The van der Waals surface area contributed by atoms with Gasteiger partial charge in [-0.2, -0.15) is 0 Å². The Morgan fingerprint density at radius 3 is 1.22 bits per heavy atom. The van der Waals surface area contributed by atoms with Gasteiger partial charge in [-0.3, -0.25) is 13.7 Å². The highest BCUT2D eigenvalue weighted by molar-refractivity contribution is 6.24. The van der Waals surface area contributed by atoms with E-state index < -0.39 is 0 Å². The second-order valence-electron chi connectivity index (χ2n) is 16.6. The van der Waals surface area contributed by atoms with Crippen LogP contribution in [0.25, 0.3) is 122 Å². The lowest BCUT2D eigenvalue weighted by molar-refractivity contribution is 1.01. The summed E-state index contributed by atoms with van der Waals surface area (Å²) in [5.41, 5.74) is 12.2. The van der Waals surface area contributed by atoms with Gasteiger partial charge >= 0.3 is 0 Å². The minimum absolute atomic E-state index is 0.853. The van der Waals surface area contributed by atoms with Gasteiger partial charge < -0.3 is 4.57 Å². The largest absolute Gasteiger partial charge is 0.307 e. The lowest BCUT2D eigenvalue weighted by atomic mass is 10.1.